The predicted molar refractivity (Wildman–Crippen MR) is 140 cm³/mol. The lowest BCUT2D eigenvalue weighted by molar-refractivity contribution is 0.0510. The second-order valence-electron chi connectivity index (χ2n) is 7.93. The lowest BCUT2D eigenvalue weighted by atomic mass is 10.0. The van der Waals surface area contributed by atoms with Crippen LogP contribution in [-0.2, 0) is 9.47 Å². The number of nitrogens with one attached hydrogen (secondary N) is 1. The Bertz CT molecular complexity index is 1430. The number of carbonyl (C=O) groups is 2. The molecule has 0 aliphatic carbocycles. The average Bonchev–Trinajstić information content (AvgIpc) is 2.93. The van der Waals surface area contributed by atoms with Gasteiger partial charge in [-0.1, -0.05) is 36.4 Å². The summed E-state index contributed by atoms with van der Waals surface area (Å²) >= 11 is 0. The van der Waals surface area contributed by atoms with Crippen LogP contribution in [-0.4, -0.2) is 58.0 Å². The van der Waals surface area contributed by atoms with Gasteiger partial charge in [0.25, 0.3) is 0 Å². The summed E-state index contributed by atoms with van der Waals surface area (Å²) in [7, 11) is 4.43. The molecule has 0 atom stereocenters. The van der Waals surface area contributed by atoms with Crippen LogP contribution in [0.2, 0.25) is 0 Å². The number of carbonyl (C=O) groups excluding carboxylic acids is 2. The molecule has 37 heavy (non-hydrogen) atoms. The number of nitrogens with zero attached hydrogens (tertiary/aromatic N) is 1. The highest BCUT2D eigenvalue weighted by Gasteiger charge is 2.20. The van der Waals surface area contributed by atoms with Gasteiger partial charge >= 0.3 is 11.9 Å². The van der Waals surface area contributed by atoms with Crippen molar-refractivity contribution in [2.24, 2.45) is 0 Å². The monoisotopic (exact) mass is 504 g/mol. The first-order valence-electron chi connectivity index (χ1n) is 11.7. The van der Waals surface area contributed by atoms with Crippen LogP contribution >= 0.6 is 0 Å². The minimum Gasteiger partial charge on any atom is -0.493 e. The summed E-state index contributed by atoms with van der Waals surface area (Å²) in [4.78, 5) is 29.9. The molecule has 9 nitrogen and oxygen atoms in total. The Hall–Kier alpha value is -4.53. The number of rotatable bonds is 10. The number of pyridine rings is 1. The second-order valence-corrected chi connectivity index (χ2v) is 7.93. The third-order valence-corrected chi connectivity index (χ3v) is 5.79. The Morgan fingerprint density at radius 2 is 1.59 bits per heavy atom. The Balaban J connectivity index is 1.56. The number of fused-ring (bicyclic) bond motifs is 3. The molecular weight excluding hydrogens is 476 g/mol. The van der Waals surface area contributed by atoms with Gasteiger partial charge in [0, 0.05) is 23.5 Å². The summed E-state index contributed by atoms with van der Waals surface area (Å²) in [5.74, 6) is 0.0361. The van der Waals surface area contributed by atoms with Crippen molar-refractivity contribution in [3.05, 3.63) is 65.9 Å². The van der Waals surface area contributed by atoms with Crippen LogP contribution in [0, 0.1) is 0 Å². The summed E-state index contributed by atoms with van der Waals surface area (Å²) in [6.07, 6.45) is 1.51. The Labute approximate surface area is 214 Å². The summed E-state index contributed by atoms with van der Waals surface area (Å²) in [5, 5.41) is 6.01. The highest BCUT2D eigenvalue weighted by Crippen LogP contribution is 2.38. The smallest absolute Gasteiger partial charge is 0.341 e. The van der Waals surface area contributed by atoms with Gasteiger partial charge in [-0.15, -0.1) is 0 Å². The summed E-state index contributed by atoms with van der Waals surface area (Å²) in [6, 6.07) is 14.8. The van der Waals surface area contributed by atoms with Crippen molar-refractivity contribution in [3.8, 4) is 17.2 Å². The van der Waals surface area contributed by atoms with Gasteiger partial charge in [-0.2, -0.15) is 0 Å². The fourth-order valence-electron chi connectivity index (χ4n) is 4.09. The maximum absolute atomic E-state index is 12.7. The minimum atomic E-state index is -0.558. The van der Waals surface area contributed by atoms with Gasteiger partial charge in [0.1, 0.15) is 12.2 Å². The highest BCUT2D eigenvalue weighted by molar-refractivity contribution is 6.13. The molecule has 192 valence electrons. The number of hydrogen-bond donors (Lipinski definition) is 1. The number of esters is 2. The molecule has 0 radical (unpaired) electrons. The van der Waals surface area contributed by atoms with Gasteiger partial charge in [0.05, 0.1) is 44.7 Å². The van der Waals surface area contributed by atoms with E-state index in [0.29, 0.717) is 28.5 Å². The zero-order chi connectivity index (χ0) is 26.4. The van der Waals surface area contributed by atoms with Crippen LogP contribution in [0.15, 0.2) is 54.7 Å². The van der Waals surface area contributed by atoms with E-state index >= 15 is 0 Å². The number of hydrogen-bond acceptors (Lipinski definition) is 9. The molecule has 4 rings (SSSR count). The first kappa shape index (κ1) is 25.6. The van der Waals surface area contributed by atoms with Crippen molar-refractivity contribution in [1.82, 2.24) is 4.98 Å². The van der Waals surface area contributed by atoms with Gasteiger partial charge < -0.3 is 29.0 Å². The molecule has 0 unspecified atom stereocenters. The molecule has 0 fully saturated rings. The average molecular weight is 505 g/mol. The van der Waals surface area contributed by atoms with E-state index in [9.17, 15) is 9.59 Å². The third kappa shape index (κ3) is 5.20. The number of anilines is 1. The molecule has 3 aromatic carbocycles. The third-order valence-electron chi connectivity index (χ3n) is 5.79. The van der Waals surface area contributed by atoms with Crippen LogP contribution < -0.4 is 19.5 Å². The molecule has 9 heteroatoms. The topological polar surface area (TPSA) is 105 Å². The lowest BCUT2D eigenvalue weighted by Crippen LogP contribution is -2.17. The van der Waals surface area contributed by atoms with Gasteiger partial charge in [-0.3, -0.25) is 4.98 Å². The molecule has 0 aliphatic heterocycles. The Morgan fingerprint density at radius 3 is 2.27 bits per heavy atom. The van der Waals surface area contributed by atoms with Crippen molar-refractivity contribution in [1.29, 1.82) is 0 Å². The van der Waals surface area contributed by atoms with Crippen LogP contribution in [0.3, 0.4) is 0 Å². The molecule has 0 spiro atoms. The largest absolute Gasteiger partial charge is 0.493 e. The van der Waals surface area contributed by atoms with Gasteiger partial charge in [0.2, 0.25) is 5.75 Å². The molecule has 0 bridgehead atoms. The van der Waals surface area contributed by atoms with Crippen molar-refractivity contribution in [2.75, 3.05) is 46.4 Å². The van der Waals surface area contributed by atoms with Crippen LogP contribution in [0.25, 0.3) is 21.7 Å². The van der Waals surface area contributed by atoms with Crippen LogP contribution in [0.1, 0.15) is 27.6 Å². The standard InChI is InChI=1S/C28H28N2O7/c1-5-36-28(32)21-16-30-24-19-9-7-6-8-17(19)10-11-20(24)25(21)29-12-13-37-27(31)18-14-22(33-2)26(35-4)23(15-18)34-3/h6-11,14-16H,5,12-13H2,1-4H3,(H,29,30). The molecule has 1 N–H and O–H groups in total. The predicted octanol–water partition coefficient (Wildman–Crippen LogP) is 4.86. The van der Waals surface area contributed by atoms with E-state index in [2.05, 4.69) is 10.3 Å². The Morgan fingerprint density at radius 1 is 0.865 bits per heavy atom. The number of methoxy groups -OCH3 is 3. The first-order valence-corrected chi connectivity index (χ1v) is 11.7. The maximum atomic E-state index is 12.7. The lowest BCUT2D eigenvalue weighted by Gasteiger charge is -2.16. The molecular formula is C28H28N2O7. The molecule has 0 aliphatic rings. The van der Waals surface area contributed by atoms with Crippen LogP contribution in [0.5, 0.6) is 17.2 Å². The normalized spacial score (nSPS) is 10.7. The van der Waals surface area contributed by atoms with E-state index in [1.807, 2.05) is 36.4 Å². The zero-order valence-corrected chi connectivity index (χ0v) is 21.1. The Kier molecular flexibility index (Phi) is 7.92. The van der Waals surface area contributed by atoms with E-state index < -0.39 is 11.9 Å². The fraction of sp³-hybridized carbons (Fsp3) is 0.250. The van der Waals surface area contributed by atoms with Crippen molar-refractivity contribution in [3.63, 3.8) is 0 Å². The van der Waals surface area contributed by atoms with Crippen molar-refractivity contribution >= 4 is 39.3 Å². The van der Waals surface area contributed by atoms with E-state index in [-0.39, 0.29) is 25.3 Å². The first-order chi connectivity index (χ1) is 18.0. The minimum absolute atomic E-state index is 0.0369. The molecule has 1 aromatic heterocycles. The highest BCUT2D eigenvalue weighted by atomic mass is 16.5. The van der Waals surface area contributed by atoms with E-state index in [4.69, 9.17) is 23.7 Å². The molecule has 1 heterocycles. The van der Waals surface area contributed by atoms with Crippen molar-refractivity contribution in [2.45, 2.75) is 6.92 Å². The molecule has 0 saturated heterocycles. The quantitative estimate of drug-likeness (QED) is 0.184. The zero-order valence-electron chi connectivity index (χ0n) is 21.1. The van der Waals surface area contributed by atoms with Gasteiger partial charge in [-0.25, -0.2) is 9.59 Å². The number of ether oxygens (including phenoxy) is 5. The molecule has 4 aromatic rings. The summed E-state index contributed by atoms with van der Waals surface area (Å²) < 4.78 is 26.6. The van der Waals surface area contributed by atoms with E-state index in [0.717, 1.165) is 21.7 Å². The number of benzene rings is 3. The number of aromatic nitrogens is 1. The van der Waals surface area contributed by atoms with Gasteiger partial charge in [-0.05, 0) is 24.4 Å². The SMILES string of the molecule is CCOC(=O)c1cnc2c(ccc3ccccc32)c1NCCOC(=O)c1cc(OC)c(OC)c(OC)c1. The molecule has 0 amide bonds. The second kappa shape index (κ2) is 11.5. The maximum Gasteiger partial charge on any atom is 0.341 e. The fourth-order valence-corrected chi connectivity index (χ4v) is 4.09. The summed E-state index contributed by atoms with van der Waals surface area (Å²) in [5.41, 5.74) is 1.88. The van der Waals surface area contributed by atoms with Crippen LogP contribution in [0.4, 0.5) is 5.69 Å². The summed E-state index contributed by atoms with van der Waals surface area (Å²) in [6.45, 7) is 2.26. The molecule has 0 saturated carbocycles. The van der Waals surface area contributed by atoms with Gasteiger partial charge in [0.15, 0.2) is 11.5 Å². The van der Waals surface area contributed by atoms with E-state index in [1.54, 1.807) is 6.92 Å². The van der Waals surface area contributed by atoms with E-state index in [1.165, 1.54) is 39.7 Å². The van der Waals surface area contributed by atoms with Crippen molar-refractivity contribution < 1.29 is 33.3 Å².